The molecule has 0 aromatic heterocycles. The first-order chi connectivity index (χ1) is 14.7. The Morgan fingerprint density at radius 2 is 1.57 bits per heavy atom. The summed E-state index contributed by atoms with van der Waals surface area (Å²) in [5.41, 5.74) is 4.41. The lowest BCUT2D eigenvalue weighted by Crippen LogP contribution is -2.07. The summed E-state index contributed by atoms with van der Waals surface area (Å²) in [4.78, 5) is 12.5. The Bertz CT molecular complexity index is 1080. The summed E-state index contributed by atoms with van der Waals surface area (Å²) in [6.45, 7) is 2.27. The summed E-state index contributed by atoms with van der Waals surface area (Å²) >= 11 is 0. The molecule has 2 nitrogen and oxygen atoms in total. The van der Waals surface area contributed by atoms with Gasteiger partial charge in [0.1, 0.15) is 6.61 Å². The molecule has 0 spiro atoms. The summed E-state index contributed by atoms with van der Waals surface area (Å²) < 4.78 is 5.38. The van der Waals surface area contributed by atoms with Gasteiger partial charge in [-0.1, -0.05) is 96.3 Å². The zero-order valence-electron chi connectivity index (χ0n) is 17.0. The van der Waals surface area contributed by atoms with Crippen molar-refractivity contribution in [3.63, 3.8) is 0 Å². The van der Waals surface area contributed by atoms with Crippen LogP contribution in [0.4, 0.5) is 0 Å². The molecule has 0 aliphatic heterocycles. The second-order valence-corrected chi connectivity index (χ2v) is 6.78. The monoisotopic (exact) mass is 392 g/mol. The van der Waals surface area contributed by atoms with Crippen molar-refractivity contribution in [3.8, 4) is 11.8 Å². The summed E-state index contributed by atoms with van der Waals surface area (Å²) in [5.74, 6) is 5.83. The number of hydrogen-bond acceptors (Lipinski definition) is 2. The van der Waals surface area contributed by atoms with Crippen molar-refractivity contribution in [1.82, 2.24) is 0 Å². The summed E-state index contributed by atoms with van der Waals surface area (Å²) in [6.07, 6.45) is 8.76. The van der Waals surface area contributed by atoms with E-state index >= 15 is 0 Å². The number of aryl methyl sites for hydroxylation is 1. The van der Waals surface area contributed by atoms with Gasteiger partial charge in [0.2, 0.25) is 0 Å². The van der Waals surface area contributed by atoms with Gasteiger partial charge in [-0.3, -0.25) is 0 Å². The Hall–Kier alpha value is -3.83. The molecule has 0 amide bonds. The van der Waals surface area contributed by atoms with E-state index in [-0.39, 0.29) is 12.6 Å². The molecule has 0 aliphatic rings. The molecule has 2 heteroatoms. The second-order valence-electron chi connectivity index (χ2n) is 6.78. The minimum absolute atomic E-state index is 0.234. The van der Waals surface area contributed by atoms with Crippen molar-refractivity contribution in [2.75, 3.05) is 6.61 Å². The first kappa shape index (κ1) is 20.9. The topological polar surface area (TPSA) is 26.3 Å². The minimum Gasteiger partial charge on any atom is -0.458 e. The van der Waals surface area contributed by atoms with E-state index in [1.165, 1.54) is 11.1 Å². The van der Waals surface area contributed by atoms with Crippen LogP contribution in [0.3, 0.4) is 0 Å². The number of carbonyl (C=O) groups is 1. The molecule has 3 rings (SSSR count). The molecule has 0 unspecified atom stereocenters. The first-order valence-corrected chi connectivity index (χ1v) is 9.94. The van der Waals surface area contributed by atoms with Gasteiger partial charge in [-0.05, 0) is 43.2 Å². The van der Waals surface area contributed by atoms with E-state index < -0.39 is 0 Å². The van der Waals surface area contributed by atoms with Gasteiger partial charge in [0, 0.05) is 11.1 Å². The number of esters is 1. The molecule has 0 N–H and O–H groups in total. The van der Waals surface area contributed by atoms with Crippen LogP contribution in [0.1, 0.15) is 39.0 Å². The Kier molecular flexibility index (Phi) is 7.83. The molecule has 0 aliphatic carbocycles. The molecule has 0 bridgehead atoms. The van der Waals surface area contributed by atoms with E-state index in [0.717, 1.165) is 12.0 Å². The molecule has 3 aromatic carbocycles. The van der Waals surface area contributed by atoms with Crippen LogP contribution in [0.2, 0.25) is 0 Å². The van der Waals surface area contributed by atoms with Crippen LogP contribution in [0.15, 0.2) is 97.1 Å². The highest BCUT2D eigenvalue weighted by atomic mass is 16.5. The largest absolute Gasteiger partial charge is 0.458 e. The van der Waals surface area contributed by atoms with Crippen LogP contribution in [-0.2, 0) is 4.74 Å². The van der Waals surface area contributed by atoms with Crippen molar-refractivity contribution < 1.29 is 9.53 Å². The highest BCUT2D eigenvalue weighted by Crippen LogP contribution is 2.10. The van der Waals surface area contributed by atoms with Gasteiger partial charge in [-0.25, -0.2) is 4.79 Å². The van der Waals surface area contributed by atoms with Crippen LogP contribution in [-0.4, -0.2) is 12.6 Å². The molecule has 0 saturated heterocycles. The first-order valence-electron chi connectivity index (χ1n) is 9.94. The van der Waals surface area contributed by atoms with Crippen molar-refractivity contribution >= 4 is 12.0 Å². The quantitative estimate of drug-likeness (QED) is 0.283. The van der Waals surface area contributed by atoms with Crippen LogP contribution < -0.4 is 0 Å². The number of benzene rings is 3. The summed E-state index contributed by atoms with van der Waals surface area (Å²) in [5, 5.41) is 0. The maximum absolute atomic E-state index is 12.5. The van der Waals surface area contributed by atoms with Crippen LogP contribution in [0.25, 0.3) is 6.08 Å². The van der Waals surface area contributed by atoms with E-state index in [9.17, 15) is 4.79 Å². The molecule has 30 heavy (non-hydrogen) atoms. The lowest BCUT2D eigenvalue weighted by atomic mass is 10.1. The minimum atomic E-state index is -0.367. The number of ether oxygens (including phenoxy) is 1. The van der Waals surface area contributed by atoms with Gasteiger partial charge in [0.05, 0.1) is 5.56 Å². The molecule has 148 valence electrons. The van der Waals surface area contributed by atoms with Crippen molar-refractivity contribution in [1.29, 1.82) is 0 Å². The summed E-state index contributed by atoms with van der Waals surface area (Å²) in [7, 11) is 0. The van der Waals surface area contributed by atoms with Gasteiger partial charge in [0.25, 0.3) is 0 Å². The predicted octanol–water partition coefficient (Wildman–Crippen LogP) is 6.21. The maximum Gasteiger partial charge on any atom is 0.339 e. The van der Waals surface area contributed by atoms with E-state index in [1.807, 2.05) is 79.7 Å². The zero-order chi connectivity index (χ0) is 21.0. The molecule has 0 fully saturated rings. The van der Waals surface area contributed by atoms with Gasteiger partial charge in [-0.15, -0.1) is 0 Å². The Labute approximate surface area is 178 Å². The predicted molar refractivity (Wildman–Crippen MR) is 123 cm³/mol. The van der Waals surface area contributed by atoms with E-state index in [1.54, 1.807) is 6.07 Å². The highest BCUT2D eigenvalue weighted by Gasteiger charge is 2.10. The molecule has 0 saturated carbocycles. The smallest absolute Gasteiger partial charge is 0.339 e. The molecular formula is C28H24O2. The summed E-state index contributed by atoms with van der Waals surface area (Å²) in [6, 6.07) is 25.4. The standard InChI is InChI=1S/C28H24O2/c1-23-16-18-25(19-17-23)20-21-26-14-8-9-15-27(26)28(29)30-22-10-3-2-5-11-24-12-6-4-7-13-24/h3-19H,2,22H2,1H3/b10-3+,11-5+. The van der Waals surface area contributed by atoms with Crippen molar-refractivity contribution in [3.05, 3.63) is 125 Å². The van der Waals surface area contributed by atoms with E-state index in [4.69, 9.17) is 4.74 Å². The fraction of sp³-hybridized carbons (Fsp3) is 0.107. The molecular weight excluding hydrogens is 368 g/mol. The van der Waals surface area contributed by atoms with Gasteiger partial charge >= 0.3 is 5.97 Å². The second kappa shape index (κ2) is 11.2. The number of rotatable bonds is 6. The fourth-order valence-electron chi connectivity index (χ4n) is 2.76. The number of hydrogen-bond donors (Lipinski definition) is 0. The third-order valence-corrected chi connectivity index (χ3v) is 4.40. The molecule has 0 heterocycles. The lowest BCUT2D eigenvalue weighted by Gasteiger charge is -2.04. The number of carbonyl (C=O) groups excluding carboxylic acids is 1. The molecule has 0 radical (unpaired) electrons. The lowest BCUT2D eigenvalue weighted by molar-refractivity contribution is 0.0549. The Morgan fingerprint density at radius 1 is 0.833 bits per heavy atom. The van der Waals surface area contributed by atoms with E-state index in [0.29, 0.717) is 11.1 Å². The number of allylic oxidation sites excluding steroid dienone is 2. The average Bonchev–Trinajstić information content (AvgIpc) is 2.79. The fourth-order valence-corrected chi connectivity index (χ4v) is 2.76. The normalized spacial score (nSPS) is 10.7. The van der Waals surface area contributed by atoms with Crippen LogP contribution >= 0.6 is 0 Å². The SMILES string of the molecule is Cc1ccc(C#Cc2ccccc2C(=O)OC/C=C/C/C=C/c2ccccc2)cc1. The van der Waals surface area contributed by atoms with Gasteiger partial charge in [-0.2, -0.15) is 0 Å². The van der Waals surface area contributed by atoms with E-state index in [2.05, 4.69) is 36.1 Å². The maximum atomic E-state index is 12.5. The van der Waals surface area contributed by atoms with Crippen molar-refractivity contribution in [2.24, 2.45) is 0 Å². The zero-order valence-corrected chi connectivity index (χ0v) is 17.0. The van der Waals surface area contributed by atoms with Crippen LogP contribution in [0, 0.1) is 18.8 Å². The molecule has 3 aromatic rings. The Balaban J connectivity index is 1.53. The van der Waals surface area contributed by atoms with Crippen molar-refractivity contribution in [2.45, 2.75) is 13.3 Å². The molecule has 0 atom stereocenters. The van der Waals surface area contributed by atoms with Gasteiger partial charge in [0.15, 0.2) is 0 Å². The third kappa shape index (κ3) is 6.65. The van der Waals surface area contributed by atoms with Gasteiger partial charge < -0.3 is 4.74 Å². The highest BCUT2D eigenvalue weighted by molar-refractivity contribution is 5.92. The van der Waals surface area contributed by atoms with Crippen LogP contribution in [0.5, 0.6) is 0 Å². The average molecular weight is 392 g/mol. The Morgan fingerprint density at radius 3 is 2.37 bits per heavy atom. The third-order valence-electron chi connectivity index (χ3n) is 4.40.